The lowest BCUT2D eigenvalue weighted by molar-refractivity contribution is 0.325. The molecule has 0 amide bonds. The van der Waals surface area contributed by atoms with Crippen molar-refractivity contribution >= 4 is 41.7 Å². The molecular weight excluding hydrogens is 423 g/mol. The maximum absolute atomic E-state index is 5.64. The van der Waals surface area contributed by atoms with Gasteiger partial charge >= 0.3 is 0 Å². The van der Waals surface area contributed by atoms with Crippen LogP contribution in [0, 0.1) is 0 Å². The number of hydrogen-bond donors (Lipinski definition) is 1. The number of aromatic nitrogens is 1. The summed E-state index contributed by atoms with van der Waals surface area (Å²) in [5.41, 5.74) is 0. The molecular formula is C16H27IN4OS. The summed E-state index contributed by atoms with van der Waals surface area (Å²) >= 11 is 2.07. The van der Waals surface area contributed by atoms with Crippen LogP contribution < -0.4 is 10.1 Å². The molecule has 1 N–H and O–H groups in total. The Bertz CT molecular complexity index is 461. The molecule has 0 spiro atoms. The molecule has 1 unspecified atom stereocenters. The van der Waals surface area contributed by atoms with Crippen molar-refractivity contribution < 1.29 is 4.74 Å². The third kappa shape index (κ3) is 7.15. The van der Waals surface area contributed by atoms with Crippen molar-refractivity contribution in [2.24, 2.45) is 4.99 Å². The summed E-state index contributed by atoms with van der Waals surface area (Å²) in [5, 5.41) is 4.11. The van der Waals surface area contributed by atoms with Gasteiger partial charge in [0.1, 0.15) is 12.4 Å². The number of nitrogens with one attached hydrogen (secondary N) is 1. The van der Waals surface area contributed by atoms with E-state index in [-0.39, 0.29) is 24.0 Å². The highest BCUT2D eigenvalue weighted by Crippen LogP contribution is 2.21. The molecule has 2 heterocycles. The third-order valence-corrected chi connectivity index (χ3v) is 4.86. The Morgan fingerprint density at radius 2 is 2.39 bits per heavy atom. The molecule has 0 radical (unpaired) electrons. The lowest BCUT2D eigenvalue weighted by Crippen LogP contribution is -2.48. The summed E-state index contributed by atoms with van der Waals surface area (Å²) in [4.78, 5) is 11.1. The van der Waals surface area contributed by atoms with Gasteiger partial charge in [-0.1, -0.05) is 6.92 Å². The predicted molar refractivity (Wildman–Crippen MR) is 109 cm³/mol. The molecule has 1 aliphatic heterocycles. The zero-order chi connectivity index (χ0) is 15.6. The normalized spacial score (nSPS) is 18.3. The van der Waals surface area contributed by atoms with E-state index in [1.54, 1.807) is 12.4 Å². The molecule has 1 saturated heterocycles. The van der Waals surface area contributed by atoms with Crippen LogP contribution in [0.1, 0.15) is 20.3 Å². The van der Waals surface area contributed by atoms with Gasteiger partial charge in [-0.2, -0.15) is 11.8 Å². The number of pyridine rings is 1. The van der Waals surface area contributed by atoms with Crippen molar-refractivity contribution in [2.45, 2.75) is 25.5 Å². The average Bonchev–Trinajstić information content (AvgIpc) is 2.58. The number of rotatable bonds is 6. The summed E-state index contributed by atoms with van der Waals surface area (Å²) < 4.78 is 5.64. The van der Waals surface area contributed by atoms with Crippen molar-refractivity contribution in [3.8, 4) is 5.75 Å². The van der Waals surface area contributed by atoms with Gasteiger partial charge in [-0.05, 0) is 25.5 Å². The van der Waals surface area contributed by atoms with Crippen molar-refractivity contribution in [1.82, 2.24) is 15.2 Å². The molecule has 1 fully saturated rings. The van der Waals surface area contributed by atoms with Gasteiger partial charge in [0.2, 0.25) is 0 Å². The molecule has 2 rings (SSSR count). The Balaban J connectivity index is 0.00000264. The van der Waals surface area contributed by atoms with E-state index in [4.69, 9.17) is 9.73 Å². The van der Waals surface area contributed by atoms with Crippen LogP contribution in [0.4, 0.5) is 0 Å². The van der Waals surface area contributed by atoms with Crippen LogP contribution in [0.5, 0.6) is 5.75 Å². The number of thioether (sulfide) groups is 1. The minimum absolute atomic E-state index is 0. The van der Waals surface area contributed by atoms with Crippen LogP contribution in [-0.2, 0) is 0 Å². The number of halogens is 1. The number of aliphatic imine (C=N–C) groups is 1. The first kappa shape index (κ1) is 20.3. The minimum atomic E-state index is 0. The van der Waals surface area contributed by atoms with E-state index in [1.807, 2.05) is 12.1 Å². The predicted octanol–water partition coefficient (Wildman–Crippen LogP) is 2.87. The average molecular weight is 450 g/mol. The van der Waals surface area contributed by atoms with Crippen LogP contribution in [0.15, 0.2) is 29.5 Å². The first-order valence-electron chi connectivity index (χ1n) is 8.01. The van der Waals surface area contributed by atoms with Gasteiger partial charge in [-0.3, -0.25) is 4.98 Å². The number of guanidine groups is 1. The molecule has 5 nitrogen and oxygen atoms in total. The van der Waals surface area contributed by atoms with E-state index < -0.39 is 0 Å². The summed E-state index contributed by atoms with van der Waals surface area (Å²) in [5.74, 6) is 2.98. The molecule has 23 heavy (non-hydrogen) atoms. The quantitative estimate of drug-likeness (QED) is 0.313. The second kappa shape index (κ2) is 11.8. The van der Waals surface area contributed by atoms with Gasteiger partial charge < -0.3 is 15.0 Å². The fraction of sp³-hybridized carbons (Fsp3) is 0.625. The van der Waals surface area contributed by atoms with Gasteiger partial charge in [0.25, 0.3) is 0 Å². The first-order chi connectivity index (χ1) is 10.8. The maximum Gasteiger partial charge on any atom is 0.194 e. The van der Waals surface area contributed by atoms with E-state index in [0.29, 0.717) is 18.4 Å². The molecule has 0 saturated carbocycles. The SMILES string of the molecule is CCNC(=NCCOc1cccnc1)N1CCSC(CC)C1.I. The highest BCUT2D eigenvalue weighted by atomic mass is 127. The Kier molecular flexibility index (Phi) is 10.4. The third-order valence-electron chi connectivity index (χ3n) is 3.48. The lowest BCUT2D eigenvalue weighted by atomic mass is 10.3. The summed E-state index contributed by atoms with van der Waals surface area (Å²) in [6, 6.07) is 3.79. The molecule has 0 aromatic carbocycles. The van der Waals surface area contributed by atoms with Crippen molar-refractivity contribution in [3.05, 3.63) is 24.5 Å². The number of ether oxygens (including phenoxy) is 1. The van der Waals surface area contributed by atoms with E-state index in [1.165, 1.54) is 12.2 Å². The van der Waals surface area contributed by atoms with E-state index in [9.17, 15) is 0 Å². The van der Waals surface area contributed by atoms with Gasteiger partial charge in [-0.25, -0.2) is 4.99 Å². The van der Waals surface area contributed by atoms with Crippen LogP contribution in [0.2, 0.25) is 0 Å². The first-order valence-corrected chi connectivity index (χ1v) is 9.06. The number of nitrogens with zero attached hydrogens (tertiary/aromatic N) is 3. The van der Waals surface area contributed by atoms with Crippen LogP contribution >= 0.6 is 35.7 Å². The maximum atomic E-state index is 5.64. The molecule has 0 bridgehead atoms. The molecule has 7 heteroatoms. The fourth-order valence-corrected chi connectivity index (χ4v) is 3.51. The van der Waals surface area contributed by atoms with Gasteiger partial charge in [0.15, 0.2) is 5.96 Å². The minimum Gasteiger partial charge on any atom is -0.490 e. The summed E-state index contributed by atoms with van der Waals surface area (Å²) in [7, 11) is 0. The summed E-state index contributed by atoms with van der Waals surface area (Å²) in [6.07, 6.45) is 4.68. The summed E-state index contributed by atoms with van der Waals surface area (Å²) in [6.45, 7) is 8.62. The van der Waals surface area contributed by atoms with Gasteiger partial charge in [-0.15, -0.1) is 24.0 Å². The molecule has 1 aromatic heterocycles. The van der Waals surface area contributed by atoms with E-state index in [0.717, 1.165) is 31.3 Å². The monoisotopic (exact) mass is 450 g/mol. The fourth-order valence-electron chi connectivity index (χ4n) is 2.33. The van der Waals surface area contributed by atoms with Crippen LogP contribution in [0.3, 0.4) is 0 Å². The van der Waals surface area contributed by atoms with E-state index in [2.05, 4.69) is 40.8 Å². The Labute approximate surface area is 160 Å². The lowest BCUT2D eigenvalue weighted by Gasteiger charge is -2.34. The Morgan fingerprint density at radius 3 is 3.09 bits per heavy atom. The molecule has 1 aromatic rings. The van der Waals surface area contributed by atoms with Crippen LogP contribution in [-0.4, -0.2) is 59.6 Å². The standard InChI is InChI=1S/C16H26N4OS.HI/c1-3-15-13-20(9-11-22-15)16(18-4-2)19-8-10-21-14-6-5-7-17-12-14;/h5-7,12,15H,3-4,8-11,13H2,1-2H3,(H,18,19);1H. The van der Waals surface area contributed by atoms with Crippen molar-refractivity contribution in [2.75, 3.05) is 38.5 Å². The second-order valence-corrected chi connectivity index (χ2v) is 6.53. The van der Waals surface area contributed by atoms with Crippen LogP contribution in [0.25, 0.3) is 0 Å². The highest BCUT2D eigenvalue weighted by molar-refractivity contribution is 14.0. The smallest absolute Gasteiger partial charge is 0.194 e. The van der Waals surface area contributed by atoms with Gasteiger partial charge in [0, 0.05) is 36.8 Å². The van der Waals surface area contributed by atoms with Gasteiger partial charge in [0.05, 0.1) is 12.7 Å². The highest BCUT2D eigenvalue weighted by Gasteiger charge is 2.21. The largest absolute Gasteiger partial charge is 0.490 e. The molecule has 0 aliphatic carbocycles. The van der Waals surface area contributed by atoms with E-state index >= 15 is 0 Å². The van der Waals surface area contributed by atoms with Crippen molar-refractivity contribution in [3.63, 3.8) is 0 Å². The zero-order valence-corrected chi connectivity index (χ0v) is 17.0. The van der Waals surface area contributed by atoms with Crippen molar-refractivity contribution in [1.29, 1.82) is 0 Å². The second-order valence-electron chi connectivity index (χ2n) is 5.12. The molecule has 130 valence electrons. The molecule has 1 atom stereocenters. The Morgan fingerprint density at radius 1 is 1.52 bits per heavy atom. The molecule has 1 aliphatic rings. The Hall–Kier alpha value is -0.700. The zero-order valence-electron chi connectivity index (χ0n) is 13.9. The topological polar surface area (TPSA) is 49.8 Å². The number of hydrogen-bond acceptors (Lipinski definition) is 4.